The number of nitrogens with two attached hydrogens (primary N) is 1. The van der Waals surface area contributed by atoms with Crippen LogP contribution >= 0.6 is 0 Å². The van der Waals surface area contributed by atoms with Crippen molar-refractivity contribution in [1.29, 1.82) is 0 Å². The van der Waals surface area contributed by atoms with Gasteiger partial charge in [-0.25, -0.2) is 0 Å². The molecular formula is C7H14N2. The highest BCUT2D eigenvalue weighted by molar-refractivity contribution is 5.05. The van der Waals surface area contributed by atoms with Crippen LogP contribution in [0.25, 0.3) is 0 Å². The summed E-state index contributed by atoms with van der Waals surface area (Å²) >= 11 is 0. The Morgan fingerprint density at radius 2 is 2.44 bits per heavy atom. The van der Waals surface area contributed by atoms with E-state index < -0.39 is 0 Å². The molecule has 1 aliphatic heterocycles. The van der Waals surface area contributed by atoms with Gasteiger partial charge in [0, 0.05) is 18.6 Å². The Balaban J connectivity index is 2.54. The van der Waals surface area contributed by atoms with Gasteiger partial charge in [0.05, 0.1) is 0 Å². The fourth-order valence-corrected chi connectivity index (χ4v) is 1.23. The van der Waals surface area contributed by atoms with Crippen LogP contribution in [0.2, 0.25) is 0 Å². The summed E-state index contributed by atoms with van der Waals surface area (Å²) in [7, 11) is 2.08. The Labute approximate surface area is 56.3 Å². The summed E-state index contributed by atoms with van der Waals surface area (Å²) in [4.78, 5) is 2.22. The lowest BCUT2D eigenvalue weighted by atomic mass is 10.0. The van der Waals surface area contributed by atoms with Crippen LogP contribution in [-0.4, -0.2) is 30.6 Å². The van der Waals surface area contributed by atoms with Crippen molar-refractivity contribution < 1.29 is 0 Å². The quantitative estimate of drug-likeness (QED) is 0.509. The minimum atomic E-state index is -0.102. The summed E-state index contributed by atoms with van der Waals surface area (Å²) in [6.45, 7) is 5.75. The summed E-state index contributed by atoms with van der Waals surface area (Å²) in [5.41, 5.74) is 5.79. The van der Waals surface area contributed by atoms with E-state index in [1.54, 1.807) is 0 Å². The molecule has 0 radical (unpaired) electrons. The summed E-state index contributed by atoms with van der Waals surface area (Å²) in [6.07, 6.45) is 2.91. The minimum Gasteiger partial charge on any atom is -0.321 e. The molecule has 0 spiro atoms. The van der Waals surface area contributed by atoms with Crippen molar-refractivity contribution in [1.82, 2.24) is 4.90 Å². The Hall–Kier alpha value is -0.340. The van der Waals surface area contributed by atoms with Gasteiger partial charge in [0.25, 0.3) is 0 Å². The SMILES string of the molecule is C=C[C@]1(N)CCN(C)C1. The molecule has 0 aromatic carbocycles. The maximum Gasteiger partial charge on any atom is 0.0477 e. The molecule has 2 N–H and O–H groups in total. The van der Waals surface area contributed by atoms with Crippen LogP contribution in [0.3, 0.4) is 0 Å². The van der Waals surface area contributed by atoms with Crippen molar-refractivity contribution in [3.63, 3.8) is 0 Å². The van der Waals surface area contributed by atoms with Gasteiger partial charge in [-0.3, -0.25) is 0 Å². The van der Waals surface area contributed by atoms with Gasteiger partial charge >= 0.3 is 0 Å². The number of hydrogen-bond acceptors (Lipinski definition) is 2. The third-order valence-electron chi connectivity index (χ3n) is 1.93. The van der Waals surface area contributed by atoms with E-state index in [2.05, 4.69) is 18.5 Å². The molecule has 1 fully saturated rings. The number of likely N-dealkylation sites (tertiary alicyclic amines) is 1. The smallest absolute Gasteiger partial charge is 0.0477 e. The van der Waals surface area contributed by atoms with Crippen LogP contribution < -0.4 is 5.73 Å². The second-order valence-corrected chi connectivity index (χ2v) is 2.93. The monoisotopic (exact) mass is 126 g/mol. The van der Waals surface area contributed by atoms with Crippen molar-refractivity contribution in [3.8, 4) is 0 Å². The van der Waals surface area contributed by atoms with Crippen LogP contribution in [0.15, 0.2) is 12.7 Å². The van der Waals surface area contributed by atoms with E-state index in [0.717, 1.165) is 19.5 Å². The topological polar surface area (TPSA) is 29.3 Å². The maximum absolute atomic E-state index is 5.89. The minimum absolute atomic E-state index is 0.102. The standard InChI is InChI=1S/C7H14N2/c1-3-7(8)4-5-9(2)6-7/h3H,1,4-6,8H2,2H3/t7-/m0/s1. The maximum atomic E-state index is 5.89. The highest BCUT2D eigenvalue weighted by Crippen LogP contribution is 2.16. The molecule has 1 saturated heterocycles. The summed E-state index contributed by atoms with van der Waals surface area (Å²) < 4.78 is 0. The lowest BCUT2D eigenvalue weighted by molar-refractivity contribution is 0.395. The number of hydrogen-bond donors (Lipinski definition) is 1. The molecule has 2 heteroatoms. The molecule has 1 atom stereocenters. The van der Waals surface area contributed by atoms with Gasteiger partial charge in [-0.15, -0.1) is 6.58 Å². The molecule has 0 bridgehead atoms. The zero-order valence-electron chi connectivity index (χ0n) is 5.93. The first kappa shape index (κ1) is 6.78. The van der Waals surface area contributed by atoms with E-state index in [-0.39, 0.29) is 5.54 Å². The van der Waals surface area contributed by atoms with Crippen LogP contribution in [-0.2, 0) is 0 Å². The summed E-state index contributed by atoms with van der Waals surface area (Å²) in [5, 5.41) is 0. The molecule has 0 saturated carbocycles. The molecule has 0 unspecified atom stereocenters. The lowest BCUT2D eigenvalue weighted by Gasteiger charge is -2.17. The molecule has 52 valence electrons. The van der Waals surface area contributed by atoms with Crippen molar-refractivity contribution in [2.75, 3.05) is 20.1 Å². The Kier molecular flexibility index (Phi) is 1.60. The molecule has 0 aromatic rings. The molecular weight excluding hydrogens is 112 g/mol. The first-order chi connectivity index (χ1) is 4.16. The Morgan fingerprint density at radius 3 is 2.67 bits per heavy atom. The number of rotatable bonds is 1. The highest BCUT2D eigenvalue weighted by atomic mass is 15.2. The van der Waals surface area contributed by atoms with E-state index in [1.807, 2.05) is 6.08 Å². The summed E-state index contributed by atoms with van der Waals surface area (Å²) in [6, 6.07) is 0. The van der Waals surface area contributed by atoms with Gasteiger partial charge in [-0.2, -0.15) is 0 Å². The third kappa shape index (κ3) is 1.32. The van der Waals surface area contributed by atoms with Crippen LogP contribution in [0.4, 0.5) is 0 Å². The molecule has 0 aliphatic carbocycles. The largest absolute Gasteiger partial charge is 0.321 e. The van der Waals surface area contributed by atoms with Crippen LogP contribution in [0.1, 0.15) is 6.42 Å². The molecule has 0 aromatic heterocycles. The second-order valence-electron chi connectivity index (χ2n) is 2.93. The predicted octanol–water partition coefficient (Wildman–Crippen LogP) is 0.205. The molecule has 2 nitrogen and oxygen atoms in total. The average molecular weight is 126 g/mol. The van der Waals surface area contributed by atoms with Crippen molar-refractivity contribution in [2.45, 2.75) is 12.0 Å². The van der Waals surface area contributed by atoms with E-state index in [1.165, 1.54) is 0 Å². The predicted molar refractivity (Wildman–Crippen MR) is 39.2 cm³/mol. The fourth-order valence-electron chi connectivity index (χ4n) is 1.23. The van der Waals surface area contributed by atoms with Crippen molar-refractivity contribution in [3.05, 3.63) is 12.7 Å². The van der Waals surface area contributed by atoms with Crippen LogP contribution in [0, 0.1) is 0 Å². The van der Waals surface area contributed by atoms with Gasteiger partial charge < -0.3 is 10.6 Å². The van der Waals surface area contributed by atoms with Gasteiger partial charge in [0.2, 0.25) is 0 Å². The molecule has 0 amide bonds. The van der Waals surface area contributed by atoms with E-state index in [0.29, 0.717) is 0 Å². The van der Waals surface area contributed by atoms with Gasteiger partial charge in [0.15, 0.2) is 0 Å². The van der Waals surface area contributed by atoms with Crippen molar-refractivity contribution in [2.24, 2.45) is 5.73 Å². The van der Waals surface area contributed by atoms with Gasteiger partial charge in [-0.05, 0) is 13.5 Å². The van der Waals surface area contributed by atoms with E-state index in [4.69, 9.17) is 5.73 Å². The summed E-state index contributed by atoms with van der Waals surface area (Å²) in [5.74, 6) is 0. The zero-order valence-corrected chi connectivity index (χ0v) is 5.93. The fraction of sp³-hybridized carbons (Fsp3) is 0.714. The first-order valence-electron chi connectivity index (χ1n) is 3.27. The van der Waals surface area contributed by atoms with E-state index in [9.17, 15) is 0 Å². The lowest BCUT2D eigenvalue weighted by Crippen LogP contribution is -2.39. The molecule has 1 heterocycles. The Bertz CT molecular complexity index is 122. The molecule has 9 heavy (non-hydrogen) atoms. The third-order valence-corrected chi connectivity index (χ3v) is 1.93. The first-order valence-corrected chi connectivity index (χ1v) is 3.27. The Morgan fingerprint density at radius 1 is 1.78 bits per heavy atom. The van der Waals surface area contributed by atoms with Crippen LogP contribution in [0.5, 0.6) is 0 Å². The van der Waals surface area contributed by atoms with Gasteiger partial charge in [-0.1, -0.05) is 6.08 Å². The molecule has 1 aliphatic rings. The van der Waals surface area contributed by atoms with Crippen molar-refractivity contribution >= 4 is 0 Å². The molecule has 1 rings (SSSR count). The second kappa shape index (κ2) is 2.12. The normalized spacial score (nSPS) is 37.1. The number of likely N-dealkylation sites (N-methyl/N-ethyl adjacent to an activating group) is 1. The average Bonchev–Trinajstić information content (AvgIpc) is 2.13. The highest BCUT2D eigenvalue weighted by Gasteiger charge is 2.28. The zero-order chi connectivity index (χ0) is 6.91. The number of nitrogens with zero attached hydrogens (tertiary/aromatic N) is 1. The van der Waals surface area contributed by atoms with E-state index >= 15 is 0 Å². The van der Waals surface area contributed by atoms with Gasteiger partial charge in [0.1, 0.15) is 0 Å².